The van der Waals surface area contributed by atoms with E-state index in [-0.39, 0.29) is 0 Å². The topological polar surface area (TPSA) is 59.6 Å². The van der Waals surface area contributed by atoms with Crippen LogP contribution in [0.2, 0.25) is 0 Å². The summed E-state index contributed by atoms with van der Waals surface area (Å²) in [6.45, 7) is 7.73. The molecule has 2 aliphatic rings. The first-order chi connectivity index (χ1) is 16.8. The van der Waals surface area contributed by atoms with Gasteiger partial charge in [0.25, 0.3) is 0 Å². The molecule has 176 valence electrons. The van der Waals surface area contributed by atoms with Crippen molar-refractivity contribution >= 4 is 16.7 Å². The molecule has 6 rings (SSSR count). The molecule has 2 fully saturated rings. The van der Waals surface area contributed by atoms with Gasteiger partial charge < -0.3 is 23.6 Å². The van der Waals surface area contributed by atoms with Crippen LogP contribution in [0.3, 0.4) is 0 Å². The second-order valence-corrected chi connectivity index (χ2v) is 9.20. The molecular weight excluding hydrogens is 426 g/mol. The number of rotatable bonds is 6. The quantitative estimate of drug-likeness (QED) is 0.419. The fourth-order valence-corrected chi connectivity index (χ4v) is 5.10. The van der Waals surface area contributed by atoms with E-state index in [2.05, 4.69) is 62.0 Å². The summed E-state index contributed by atoms with van der Waals surface area (Å²) >= 11 is 0. The molecule has 0 spiro atoms. The molecule has 4 heterocycles. The average molecular weight is 458 g/mol. The summed E-state index contributed by atoms with van der Waals surface area (Å²) in [6.07, 6.45) is 3.95. The van der Waals surface area contributed by atoms with Crippen LogP contribution in [-0.2, 0) is 11.3 Å². The van der Waals surface area contributed by atoms with Crippen molar-refractivity contribution in [2.45, 2.75) is 25.8 Å². The molecule has 34 heavy (non-hydrogen) atoms. The number of morpholine rings is 1. The Morgan fingerprint density at radius 1 is 0.824 bits per heavy atom. The summed E-state index contributed by atoms with van der Waals surface area (Å²) in [5.74, 6) is 1.64. The number of imidazole rings is 1. The first-order valence-corrected chi connectivity index (χ1v) is 12.4. The van der Waals surface area contributed by atoms with E-state index in [1.54, 1.807) is 0 Å². The van der Waals surface area contributed by atoms with E-state index < -0.39 is 0 Å². The largest absolute Gasteiger partial charge is 0.378 e. The summed E-state index contributed by atoms with van der Waals surface area (Å²) in [6, 6.07) is 18.9. The highest BCUT2D eigenvalue weighted by Crippen LogP contribution is 2.30. The summed E-state index contributed by atoms with van der Waals surface area (Å²) in [4.78, 5) is 9.85. The fraction of sp³-hybridized carbons (Fsp3) is 0.407. The van der Waals surface area contributed by atoms with Crippen LogP contribution in [0, 0.1) is 0 Å². The molecule has 2 aromatic carbocycles. The maximum absolute atomic E-state index is 5.79. The van der Waals surface area contributed by atoms with Crippen LogP contribution >= 0.6 is 0 Å². The molecule has 0 bridgehead atoms. The SMILES string of the molecule is c1ccc2c(c1)nc(-c1cc(-c3ccc(N4CCOCC4)cc3)on1)n2CCN1CCCCC1. The van der Waals surface area contributed by atoms with E-state index in [1.165, 1.54) is 38.0 Å². The molecule has 0 N–H and O–H groups in total. The van der Waals surface area contributed by atoms with Gasteiger partial charge in [-0.05, 0) is 62.3 Å². The number of para-hydroxylation sites is 2. The normalized spacial score (nSPS) is 17.5. The lowest BCUT2D eigenvalue weighted by Crippen LogP contribution is -2.36. The van der Waals surface area contributed by atoms with Gasteiger partial charge in [-0.25, -0.2) is 4.98 Å². The third-order valence-electron chi connectivity index (χ3n) is 7.01. The van der Waals surface area contributed by atoms with Crippen molar-refractivity contribution < 1.29 is 9.26 Å². The summed E-state index contributed by atoms with van der Waals surface area (Å²) < 4.78 is 13.6. The van der Waals surface area contributed by atoms with Crippen molar-refractivity contribution in [2.24, 2.45) is 0 Å². The molecule has 0 unspecified atom stereocenters. The van der Waals surface area contributed by atoms with E-state index in [0.717, 1.165) is 73.3 Å². The Balaban J connectivity index is 1.26. The van der Waals surface area contributed by atoms with E-state index in [4.69, 9.17) is 14.2 Å². The second-order valence-electron chi connectivity index (χ2n) is 9.20. The van der Waals surface area contributed by atoms with E-state index >= 15 is 0 Å². The Kier molecular flexibility index (Phi) is 6.04. The summed E-state index contributed by atoms with van der Waals surface area (Å²) in [5.41, 5.74) is 5.16. The smallest absolute Gasteiger partial charge is 0.167 e. The number of likely N-dealkylation sites (tertiary alicyclic amines) is 1. The molecule has 0 amide bonds. The van der Waals surface area contributed by atoms with Crippen LogP contribution in [0.15, 0.2) is 59.1 Å². The Hall–Kier alpha value is -3.16. The van der Waals surface area contributed by atoms with Crippen LogP contribution in [-0.4, -0.2) is 65.5 Å². The van der Waals surface area contributed by atoms with Crippen molar-refractivity contribution in [2.75, 3.05) is 50.8 Å². The minimum Gasteiger partial charge on any atom is -0.378 e. The Morgan fingerprint density at radius 2 is 1.62 bits per heavy atom. The molecule has 4 aromatic rings. The lowest BCUT2D eigenvalue weighted by molar-refractivity contribution is 0.122. The first-order valence-electron chi connectivity index (χ1n) is 12.4. The minimum absolute atomic E-state index is 0.762. The van der Waals surface area contributed by atoms with Crippen molar-refractivity contribution in [3.63, 3.8) is 0 Å². The standard InChI is InChI=1S/C27H31N5O2/c1-4-12-30(13-5-1)14-15-32-25-7-3-2-6-23(25)28-27(32)24-20-26(34-29-24)21-8-10-22(11-9-21)31-16-18-33-19-17-31/h2-3,6-11,20H,1,4-5,12-19H2. The summed E-state index contributed by atoms with van der Waals surface area (Å²) in [5, 5.41) is 4.43. The summed E-state index contributed by atoms with van der Waals surface area (Å²) in [7, 11) is 0. The third-order valence-corrected chi connectivity index (χ3v) is 7.01. The molecule has 2 aromatic heterocycles. The Bertz CT molecular complexity index is 1230. The zero-order valence-electron chi connectivity index (χ0n) is 19.5. The van der Waals surface area contributed by atoms with Gasteiger partial charge in [0.15, 0.2) is 11.6 Å². The number of aromatic nitrogens is 3. The molecule has 2 saturated heterocycles. The van der Waals surface area contributed by atoms with Gasteiger partial charge in [-0.2, -0.15) is 0 Å². The number of hydrogen-bond donors (Lipinski definition) is 0. The number of ether oxygens (including phenoxy) is 1. The predicted molar refractivity (Wildman–Crippen MR) is 134 cm³/mol. The van der Waals surface area contributed by atoms with Gasteiger partial charge in [-0.3, -0.25) is 0 Å². The highest BCUT2D eigenvalue weighted by Gasteiger charge is 2.19. The molecular formula is C27H31N5O2. The monoisotopic (exact) mass is 457 g/mol. The van der Waals surface area contributed by atoms with Crippen molar-refractivity contribution in [1.82, 2.24) is 19.6 Å². The van der Waals surface area contributed by atoms with Gasteiger partial charge in [0.05, 0.1) is 24.2 Å². The van der Waals surface area contributed by atoms with Crippen molar-refractivity contribution in [3.8, 4) is 22.8 Å². The molecule has 0 saturated carbocycles. The highest BCUT2D eigenvalue weighted by atomic mass is 16.5. The van der Waals surface area contributed by atoms with Gasteiger partial charge >= 0.3 is 0 Å². The van der Waals surface area contributed by atoms with Crippen molar-refractivity contribution in [1.29, 1.82) is 0 Å². The van der Waals surface area contributed by atoms with Gasteiger partial charge in [-0.15, -0.1) is 0 Å². The number of nitrogens with zero attached hydrogens (tertiary/aromatic N) is 5. The van der Waals surface area contributed by atoms with Gasteiger partial charge in [-0.1, -0.05) is 23.7 Å². The van der Waals surface area contributed by atoms with E-state index in [9.17, 15) is 0 Å². The molecule has 7 nitrogen and oxygen atoms in total. The van der Waals surface area contributed by atoms with Crippen LogP contribution < -0.4 is 4.90 Å². The average Bonchev–Trinajstić information content (AvgIpc) is 3.54. The number of hydrogen-bond acceptors (Lipinski definition) is 6. The third kappa shape index (κ3) is 4.33. The number of piperidine rings is 1. The Morgan fingerprint density at radius 3 is 2.44 bits per heavy atom. The first kappa shape index (κ1) is 21.4. The zero-order chi connectivity index (χ0) is 22.7. The zero-order valence-corrected chi connectivity index (χ0v) is 19.5. The molecule has 2 aliphatic heterocycles. The van der Waals surface area contributed by atoms with Crippen LogP contribution in [0.1, 0.15) is 19.3 Å². The van der Waals surface area contributed by atoms with Crippen LogP contribution in [0.4, 0.5) is 5.69 Å². The van der Waals surface area contributed by atoms with E-state index in [0.29, 0.717) is 0 Å². The Labute approximate surface area is 199 Å². The second kappa shape index (κ2) is 9.60. The van der Waals surface area contributed by atoms with E-state index in [1.807, 2.05) is 12.1 Å². The predicted octanol–water partition coefficient (Wildman–Crippen LogP) is 4.68. The number of anilines is 1. The maximum Gasteiger partial charge on any atom is 0.167 e. The van der Waals surface area contributed by atoms with Crippen molar-refractivity contribution in [3.05, 3.63) is 54.6 Å². The highest BCUT2D eigenvalue weighted by molar-refractivity contribution is 5.80. The lowest BCUT2D eigenvalue weighted by atomic mass is 10.1. The van der Waals surface area contributed by atoms with Gasteiger partial charge in [0.2, 0.25) is 0 Å². The number of benzene rings is 2. The molecule has 0 radical (unpaired) electrons. The molecule has 0 atom stereocenters. The molecule has 7 heteroatoms. The van der Waals surface area contributed by atoms with Crippen LogP contribution in [0.5, 0.6) is 0 Å². The number of fused-ring (bicyclic) bond motifs is 1. The van der Waals surface area contributed by atoms with Gasteiger partial charge in [0, 0.05) is 43.5 Å². The minimum atomic E-state index is 0.762. The maximum atomic E-state index is 5.79. The lowest BCUT2D eigenvalue weighted by Gasteiger charge is -2.28. The van der Waals surface area contributed by atoms with Gasteiger partial charge in [0.1, 0.15) is 5.69 Å². The van der Waals surface area contributed by atoms with Crippen LogP contribution in [0.25, 0.3) is 33.9 Å². The molecule has 0 aliphatic carbocycles. The fourth-order valence-electron chi connectivity index (χ4n) is 5.10.